The summed E-state index contributed by atoms with van der Waals surface area (Å²) in [6.07, 6.45) is 0. The Morgan fingerprint density at radius 3 is 2.44 bits per heavy atom. The molecule has 1 aromatic carbocycles. The second kappa shape index (κ2) is 4.85. The van der Waals surface area contributed by atoms with E-state index in [4.69, 9.17) is 0 Å². The van der Waals surface area contributed by atoms with E-state index in [2.05, 4.69) is 31.4 Å². The molecule has 80 valence electrons. The van der Waals surface area contributed by atoms with Crippen LogP contribution in [0, 0.1) is 0 Å². The third-order valence-corrected chi connectivity index (χ3v) is 2.32. The Morgan fingerprint density at radius 1 is 1.06 bits per heavy atom. The van der Waals surface area contributed by atoms with Gasteiger partial charge in [0.05, 0.1) is 0 Å². The molecule has 0 fully saturated rings. The van der Waals surface area contributed by atoms with Gasteiger partial charge in [0.25, 0.3) is 5.91 Å². The summed E-state index contributed by atoms with van der Waals surface area (Å²) < 4.78 is 0.601. The summed E-state index contributed by atoms with van der Waals surface area (Å²) >= 11 is 3.16. The van der Waals surface area contributed by atoms with Crippen LogP contribution >= 0.6 is 15.9 Å². The molecule has 0 aliphatic heterocycles. The Morgan fingerprint density at radius 2 is 1.81 bits per heavy atom. The van der Waals surface area contributed by atoms with E-state index in [9.17, 15) is 4.79 Å². The fourth-order valence-corrected chi connectivity index (χ4v) is 1.37. The maximum Gasteiger partial charge on any atom is 0.276 e. The molecule has 1 heterocycles. The van der Waals surface area contributed by atoms with Crippen molar-refractivity contribution in [3.05, 3.63) is 52.8 Å². The van der Waals surface area contributed by atoms with Crippen molar-refractivity contribution in [1.82, 2.24) is 10.2 Å². The summed E-state index contributed by atoms with van der Waals surface area (Å²) in [6, 6.07) is 12.5. The average molecular weight is 278 g/mol. The van der Waals surface area contributed by atoms with Crippen molar-refractivity contribution in [3.8, 4) is 0 Å². The van der Waals surface area contributed by atoms with E-state index in [0.29, 0.717) is 4.60 Å². The Bertz CT molecular complexity index is 484. The first-order valence-corrected chi connectivity index (χ1v) is 5.40. The topological polar surface area (TPSA) is 54.9 Å². The standard InChI is InChI=1S/C11H8BrN3O/c12-10-7-6-9(14-15-10)11(16)13-8-4-2-1-3-5-8/h1-7H,(H,13,16). The Hall–Kier alpha value is -1.75. The number of para-hydroxylation sites is 1. The second-order valence-electron chi connectivity index (χ2n) is 3.06. The van der Waals surface area contributed by atoms with Gasteiger partial charge < -0.3 is 5.32 Å². The third-order valence-electron chi connectivity index (χ3n) is 1.90. The number of carbonyl (C=O) groups excluding carboxylic acids is 1. The summed E-state index contributed by atoms with van der Waals surface area (Å²) in [7, 11) is 0. The lowest BCUT2D eigenvalue weighted by Crippen LogP contribution is -2.14. The van der Waals surface area contributed by atoms with Crippen LogP contribution in [0.4, 0.5) is 5.69 Å². The Balaban J connectivity index is 2.12. The fraction of sp³-hybridized carbons (Fsp3) is 0. The van der Waals surface area contributed by atoms with E-state index in [1.807, 2.05) is 30.3 Å². The van der Waals surface area contributed by atoms with Crippen molar-refractivity contribution in [1.29, 1.82) is 0 Å². The molecule has 16 heavy (non-hydrogen) atoms. The van der Waals surface area contributed by atoms with Gasteiger partial charge in [0.2, 0.25) is 0 Å². The van der Waals surface area contributed by atoms with E-state index < -0.39 is 0 Å². The quantitative estimate of drug-likeness (QED) is 0.918. The SMILES string of the molecule is O=C(Nc1ccccc1)c1ccc(Br)nn1. The lowest BCUT2D eigenvalue weighted by atomic mass is 10.3. The van der Waals surface area contributed by atoms with Crippen LogP contribution in [0.5, 0.6) is 0 Å². The van der Waals surface area contributed by atoms with Crippen LogP contribution in [0.15, 0.2) is 47.1 Å². The van der Waals surface area contributed by atoms with Crippen LogP contribution < -0.4 is 5.32 Å². The first kappa shape index (κ1) is 10.8. The van der Waals surface area contributed by atoms with Gasteiger partial charge in [-0.2, -0.15) is 0 Å². The number of aromatic nitrogens is 2. The molecule has 0 saturated heterocycles. The molecule has 1 aromatic heterocycles. The zero-order chi connectivity index (χ0) is 11.4. The van der Waals surface area contributed by atoms with E-state index in [1.165, 1.54) is 0 Å². The first-order chi connectivity index (χ1) is 7.75. The molecular weight excluding hydrogens is 270 g/mol. The summed E-state index contributed by atoms with van der Waals surface area (Å²) in [6.45, 7) is 0. The van der Waals surface area contributed by atoms with Gasteiger partial charge in [-0.1, -0.05) is 18.2 Å². The predicted molar refractivity (Wildman–Crippen MR) is 64.1 cm³/mol. The number of nitrogens with one attached hydrogen (secondary N) is 1. The van der Waals surface area contributed by atoms with Crippen LogP contribution in [0.3, 0.4) is 0 Å². The van der Waals surface area contributed by atoms with Gasteiger partial charge in [0.1, 0.15) is 4.60 Å². The molecule has 0 spiro atoms. The highest BCUT2D eigenvalue weighted by Gasteiger charge is 2.07. The summed E-state index contributed by atoms with van der Waals surface area (Å²) in [4.78, 5) is 11.7. The molecule has 4 nitrogen and oxygen atoms in total. The van der Waals surface area contributed by atoms with Crippen molar-refractivity contribution >= 4 is 27.5 Å². The van der Waals surface area contributed by atoms with Gasteiger partial charge in [0.15, 0.2) is 5.69 Å². The number of carbonyl (C=O) groups is 1. The highest BCUT2D eigenvalue weighted by molar-refractivity contribution is 9.10. The van der Waals surface area contributed by atoms with Crippen LogP contribution in [-0.2, 0) is 0 Å². The molecule has 2 rings (SSSR count). The van der Waals surface area contributed by atoms with Crippen LogP contribution in [-0.4, -0.2) is 16.1 Å². The number of anilines is 1. The lowest BCUT2D eigenvalue weighted by molar-refractivity contribution is 0.102. The van der Waals surface area contributed by atoms with Crippen molar-refractivity contribution < 1.29 is 4.79 Å². The minimum absolute atomic E-state index is 0.272. The number of halogens is 1. The van der Waals surface area contributed by atoms with Crippen molar-refractivity contribution in [2.45, 2.75) is 0 Å². The van der Waals surface area contributed by atoms with E-state index >= 15 is 0 Å². The lowest BCUT2D eigenvalue weighted by Gasteiger charge is -2.03. The first-order valence-electron chi connectivity index (χ1n) is 4.61. The molecule has 0 saturated carbocycles. The molecule has 0 atom stereocenters. The summed E-state index contributed by atoms with van der Waals surface area (Å²) in [5, 5.41) is 10.2. The molecule has 0 radical (unpaired) electrons. The van der Waals surface area contributed by atoms with Crippen LogP contribution in [0.2, 0.25) is 0 Å². The Kier molecular flexibility index (Phi) is 3.26. The molecule has 1 amide bonds. The monoisotopic (exact) mass is 277 g/mol. The maximum absolute atomic E-state index is 11.7. The zero-order valence-electron chi connectivity index (χ0n) is 8.22. The van der Waals surface area contributed by atoms with Crippen molar-refractivity contribution in [2.24, 2.45) is 0 Å². The second-order valence-corrected chi connectivity index (χ2v) is 3.87. The largest absolute Gasteiger partial charge is 0.321 e. The number of hydrogen-bond acceptors (Lipinski definition) is 3. The van der Waals surface area contributed by atoms with Crippen molar-refractivity contribution in [3.63, 3.8) is 0 Å². The van der Waals surface area contributed by atoms with Gasteiger partial charge in [-0.25, -0.2) is 0 Å². The van der Waals surface area contributed by atoms with E-state index in [-0.39, 0.29) is 11.6 Å². The molecule has 5 heteroatoms. The van der Waals surface area contributed by atoms with E-state index in [0.717, 1.165) is 5.69 Å². The molecular formula is C11H8BrN3O. The molecule has 0 aliphatic carbocycles. The highest BCUT2D eigenvalue weighted by Crippen LogP contribution is 2.08. The number of hydrogen-bond donors (Lipinski definition) is 1. The van der Waals surface area contributed by atoms with Gasteiger partial charge >= 0.3 is 0 Å². The number of benzene rings is 1. The Labute approximate surface area is 101 Å². The fourth-order valence-electron chi connectivity index (χ4n) is 1.15. The number of nitrogens with zero attached hydrogens (tertiary/aromatic N) is 2. The highest BCUT2D eigenvalue weighted by atomic mass is 79.9. The van der Waals surface area contributed by atoms with Crippen LogP contribution in [0.1, 0.15) is 10.5 Å². The normalized spacial score (nSPS) is 9.81. The van der Waals surface area contributed by atoms with Gasteiger partial charge in [-0.15, -0.1) is 10.2 Å². The van der Waals surface area contributed by atoms with Crippen LogP contribution in [0.25, 0.3) is 0 Å². The summed E-state index contributed by atoms with van der Waals surface area (Å²) in [5.74, 6) is -0.272. The van der Waals surface area contributed by atoms with Crippen molar-refractivity contribution in [2.75, 3.05) is 5.32 Å². The molecule has 1 N–H and O–H groups in total. The minimum Gasteiger partial charge on any atom is -0.321 e. The van der Waals surface area contributed by atoms with Gasteiger partial charge in [0, 0.05) is 5.69 Å². The molecule has 0 bridgehead atoms. The minimum atomic E-state index is -0.272. The molecule has 2 aromatic rings. The van der Waals surface area contributed by atoms with Gasteiger partial charge in [-0.05, 0) is 40.2 Å². The smallest absolute Gasteiger partial charge is 0.276 e. The zero-order valence-corrected chi connectivity index (χ0v) is 9.81. The average Bonchev–Trinajstić information content (AvgIpc) is 2.31. The predicted octanol–water partition coefficient (Wildman–Crippen LogP) is 2.49. The molecule has 0 unspecified atom stereocenters. The summed E-state index contributed by atoms with van der Waals surface area (Å²) in [5.41, 5.74) is 1.02. The molecule has 0 aliphatic rings. The number of rotatable bonds is 2. The van der Waals surface area contributed by atoms with Gasteiger partial charge in [-0.3, -0.25) is 4.79 Å². The van der Waals surface area contributed by atoms with E-state index in [1.54, 1.807) is 12.1 Å². The third kappa shape index (κ3) is 2.64. The maximum atomic E-state index is 11.7. The number of amides is 1.